The van der Waals surface area contributed by atoms with E-state index in [0.717, 1.165) is 30.8 Å². The summed E-state index contributed by atoms with van der Waals surface area (Å²) in [5.74, 6) is 0.978. The van der Waals surface area contributed by atoms with Crippen LogP contribution in [0.25, 0.3) is 0 Å². The van der Waals surface area contributed by atoms with Gasteiger partial charge in [-0.05, 0) is 26.5 Å². The van der Waals surface area contributed by atoms with Gasteiger partial charge in [-0.25, -0.2) is 0 Å². The number of furan rings is 1. The van der Waals surface area contributed by atoms with Gasteiger partial charge in [0.15, 0.2) is 0 Å². The van der Waals surface area contributed by atoms with Crippen molar-refractivity contribution in [1.29, 1.82) is 0 Å². The van der Waals surface area contributed by atoms with E-state index in [9.17, 15) is 4.79 Å². The van der Waals surface area contributed by atoms with Crippen molar-refractivity contribution in [1.82, 2.24) is 10.2 Å². The summed E-state index contributed by atoms with van der Waals surface area (Å²) in [7, 11) is 1.98. The van der Waals surface area contributed by atoms with E-state index in [1.807, 2.05) is 27.0 Å². The number of hydrogen-bond acceptors (Lipinski definition) is 4. The van der Waals surface area contributed by atoms with E-state index in [1.165, 1.54) is 0 Å². The van der Waals surface area contributed by atoms with Crippen LogP contribution in [-0.4, -0.2) is 37.0 Å². The number of hydrogen-bond donors (Lipinski definition) is 2. The lowest BCUT2D eigenvalue weighted by atomic mass is 10.1. The first-order chi connectivity index (χ1) is 9.08. The summed E-state index contributed by atoms with van der Waals surface area (Å²) in [5.41, 5.74) is 6.91. The summed E-state index contributed by atoms with van der Waals surface area (Å²) in [6, 6.07) is 2.00. The average molecular weight is 267 g/mol. The van der Waals surface area contributed by atoms with Crippen molar-refractivity contribution >= 4 is 5.91 Å². The van der Waals surface area contributed by atoms with Gasteiger partial charge in [0.1, 0.15) is 5.76 Å². The standard InChI is InChI=1S/C14H25N3O2/c1-4-6-16-14(18)8-13(9-15)17(3)10-12-5-7-19-11(12)2/h5,7,13H,4,6,8-10,15H2,1-3H3,(H,16,18). The third kappa shape index (κ3) is 5.04. The molecule has 0 radical (unpaired) electrons. The Morgan fingerprint density at radius 1 is 1.58 bits per heavy atom. The molecule has 19 heavy (non-hydrogen) atoms. The van der Waals surface area contributed by atoms with Gasteiger partial charge in [0.25, 0.3) is 0 Å². The first-order valence-electron chi connectivity index (χ1n) is 6.78. The van der Waals surface area contributed by atoms with Crippen LogP contribution in [0.15, 0.2) is 16.7 Å². The SMILES string of the molecule is CCCNC(=O)CC(CN)N(C)Cc1ccoc1C. The summed E-state index contributed by atoms with van der Waals surface area (Å²) < 4.78 is 5.28. The summed E-state index contributed by atoms with van der Waals surface area (Å²) in [4.78, 5) is 13.8. The van der Waals surface area contributed by atoms with Gasteiger partial charge in [-0.15, -0.1) is 0 Å². The fourth-order valence-electron chi connectivity index (χ4n) is 1.94. The Morgan fingerprint density at radius 3 is 2.84 bits per heavy atom. The zero-order valence-electron chi connectivity index (χ0n) is 12.1. The van der Waals surface area contributed by atoms with E-state index in [1.54, 1.807) is 6.26 Å². The molecule has 0 saturated heterocycles. The van der Waals surface area contributed by atoms with Crippen molar-refractivity contribution < 1.29 is 9.21 Å². The van der Waals surface area contributed by atoms with Crippen LogP contribution >= 0.6 is 0 Å². The molecule has 1 amide bonds. The van der Waals surface area contributed by atoms with Gasteiger partial charge in [0.2, 0.25) is 5.91 Å². The molecule has 0 saturated carbocycles. The van der Waals surface area contributed by atoms with Crippen LogP contribution in [0.1, 0.15) is 31.1 Å². The van der Waals surface area contributed by atoms with E-state index in [0.29, 0.717) is 13.0 Å². The molecule has 108 valence electrons. The van der Waals surface area contributed by atoms with E-state index in [-0.39, 0.29) is 11.9 Å². The van der Waals surface area contributed by atoms with E-state index < -0.39 is 0 Å². The second kappa shape index (κ2) is 7.96. The number of carbonyl (C=O) groups is 1. The third-order valence-electron chi connectivity index (χ3n) is 3.27. The smallest absolute Gasteiger partial charge is 0.221 e. The Bertz CT molecular complexity index is 390. The van der Waals surface area contributed by atoms with E-state index in [4.69, 9.17) is 10.2 Å². The van der Waals surface area contributed by atoms with Crippen LogP contribution in [0, 0.1) is 6.92 Å². The molecule has 1 aromatic heterocycles. The van der Waals surface area contributed by atoms with Gasteiger partial charge in [0.05, 0.1) is 6.26 Å². The quantitative estimate of drug-likeness (QED) is 0.744. The molecule has 5 heteroatoms. The molecule has 3 N–H and O–H groups in total. The molecule has 0 spiro atoms. The molecule has 1 unspecified atom stereocenters. The number of likely N-dealkylation sites (N-methyl/N-ethyl adjacent to an activating group) is 1. The van der Waals surface area contributed by atoms with E-state index in [2.05, 4.69) is 10.2 Å². The molecule has 1 heterocycles. The van der Waals surface area contributed by atoms with Crippen molar-refractivity contribution in [3.8, 4) is 0 Å². The molecule has 0 aliphatic heterocycles. The van der Waals surface area contributed by atoms with Gasteiger partial charge in [-0.2, -0.15) is 0 Å². The lowest BCUT2D eigenvalue weighted by Crippen LogP contribution is -2.41. The Morgan fingerprint density at radius 2 is 2.32 bits per heavy atom. The highest BCUT2D eigenvalue weighted by molar-refractivity contribution is 5.76. The molecule has 1 atom stereocenters. The van der Waals surface area contributed by atoms with Gasteiger partial charge < -0.3 is 15.5 Å². The number of carbonyl (C=O) groups excluding carboxylic acids is 1. The minimum atomic E-state index is 0.0474. The largest absolute Gasteiger partial charge is 0.469 e. The minimum Gasteiger partial charge on any atom is -0.469 e. The zero-order valence-corrected chi connectivity index (χ0v) is 12.1. The molecule has 0 bridgehead atoms. The Kier molecular flexibility index (Phi) is 6.59. The van der Waals surface area contributed by atoms with Gasteiger partial charge in [-0.3, -0.25) is 9.69 Å². The topological polar surface area (TPSA) is 71.5 Å². The third-order valence-corrected chi connectivity index (χ3v) is 3.27. The molecule has 0 aromatic carbocycles. The highest BCUT2D eigenvalue weighted by Crippen LogP contribution is 2.13. The predicted molar refractivity (Wildman–Crippen MR) is 75.7 cm³/mol. The van der Waals surface area contributed by atoms with Crippen LogP contribution in [0.2, 0.25) is 0 Å². The highest BCUT2D eigenvalue weighted by Gasteiger charge is 2.18. The summed E-state index contributed by atoms with van der Waals surface area (Å²) in [6.45, 7) is 5.90. The summed E-state index contributed by atoms with van der Waals surface area (Å²) in [6.07, 6.45) is 3.07. The second-order valence-electron chi connectivity index (χ2n) is 4.86. The van der Waals surface area contributed by atoms with Crippen molar-refractivity contribution in [3.05, 3.63) is 23.7 Å². The van der Waals surface area contributed by atoms with E-state index >= 15 is 0 Å². The monoisotopic (exact) mass is 267 g/mol. The molecule has 1 aromatic rings. The van der Waals surface area contributed by atoms with Crippen molar-refractivity contribution in [3.63, 3.8) is 0 Å². The van der Waals surface area contributed by atoms with Gasteiger partial charge in [-0.1, -0.05) is 6.92 Å². The minimum absolute atomic E-state index is 0.0474. The number of nitrogens with one attached hydrogen (secondary N) is 1. The second-order valence-corrected chi connectivity index (χ2v) is 4.86. The summed E-state index contributed by atoms with van der Waals surface area (Å²) >= 11 is 0. The maximum Gasteiger partial charge on any atom is 0.221 e. The van der Waals surface area contributed by atoms with Crippen molar-refractivity contribution in [2.24, 2.45) is 5.73 Å². The molecule has 0 aliphatic carbocycles. The lowest BCUT2D eigenvalue weighted by Gasteiger charge is -2.26. The Balaban J connectivity index is 2.49. The van der Waals surface area contributed by atoms with Crippen LogP contribution in [-0.2, 0) is 11.3 Å². The first kappa shape index (κ1) is 15.7. The number of aryl methyl sites for hydroxylation is 1. The molecule has 0 fully saturated rings. The van der Waals surface area contributed by atoms with Crippen LogP contribution < -0.4 is 11.1 Å². The molecular weight excluding hydrogens is 242 g/mol. The van der Waals surface area contributed by atoms with Crippen LogP contribution in [0.3, 0.4) is 0 Å². The van der Waals surface area contributed by atoms with Crippen LogP contribution in [0.5, 0.6) is 0 Å². The first-order valence-corrected chi connectivity index (χ1v) is 6.78. The molecule has 1 rings (SSSR count). The van der Waals surface area contributed by atoms with Gasteiger partial charge >= 0.3 is 0 Å². The number of nitrogens with two attached hydrogens (primary N) is 1. The van der Waals surface area contributed by atoms with Crippen LogP contribution in [0.4, 0.5) is 0 Å². The molecule has 0 aliphatic rings. The number of amides is 1. The maximum absolute atomic E-state index is 11.7. The number of nitrogens with zero attached hydrogens (tertiary/aromatic N) is 1. The van der Waals surface area contributed by atoms with Crippen molar-refractivity contribution in [2.75, 3.05) is 20.1 Å². The average Bonchev–Trinajstić information content (AvgIpc) is 2.79. The molecule has 5 nitrogen and oxygen atoms in total. The predicted octanol–water partition coefficient (Wildman–Crippen LogP) is 1.26. The highest BCUT2D eigenvalue weighted by atomic mass is 16.3. The zero-order chi connectivity index (χ0) is 14.3. The maximum atomic E-state index is 11.7. The van der Waals surface area contributed by atoms with Gasteiger partial charge in [0, 0.05) is 37.7 Å². The Labute approximate surface area is 115 Å². The number of rotatable bonds is 8. The fourth-order valence-corrected chi connectivity index (χ4v) is 1.94. The lowest BCUT2D eigenvalue weighted by molar-refractivity contribution is -0.122. The Hall–Kier alpha value is -1.33. The fraction of sp³-hybridized carbons (Fsp3) is 0.643. The normalized spacial score (nSPS) is 12.7. The molecular formula is C14H25N3O2. The summed E-state index contributed by atoms with van der Waals surface area (Å²) in [5, 5.41) is 2.88. The van der Waals surface area contributed by atoms with Crippen molar-refractivity contribution in [2.45, 2.75) is 39.3 Å².